The maximum absolute atomic E-state index is 13.3. The van der Waals surface area contributed by atoms with Gasteiger partial charge in [-0.2, -0.15) is 4.39 Å². The van der Waals surface area contributed by atoms with Crippen LogP contribution in [0.5, 0.6) is 0 Å². The predicted molar refractivity (Wildman–Crippen MR) is 66.4 cm³/mol. The fourth-order valence-corrected chi connectivity index (χ4v) is 1.69. The van der Waals surface area contributed by atoms with E-state index in [0.717, 1.165) is 12.1 Å². The molecule has 1 heterocycles. The van der Waals surface area contributed by atoms with E-state index < -0.39 is 29.5 Å². The van der Waals surface area contributed by atoms with Gasteiger partial charge in [0.05, 0.1) is 11.6 Å². The molecule has 2 aromatic rings. The highest BCUT2D eigenvalue weighted by atomic mass is 19.2. The second-order valence-electron chi connectivity index (χ2n) is 4.21. The number of nitrogens with one attached hydrogen (secondary N) is 1. The van der Waals surface area contributed by atoms with Crippen molar-refractivity contribution in [2.75, 3.05) is 0 Å². The highest BCUT2D eigenvalue weighted by Gasteiger charge is 2.16. The number of aromatic nitrogens is 1. The summed E-state index contributed by atoms with van der Waals surface area (Å²) in [7, 11) is 0. The molecule has 1 atom stereocenters. The average molecular weight is 280 g/mol. The summed E-state index contributed by atoms with van der Waals surface area (Å²) in [6, 6.07) is 5.42. The number of pyridine rings is 1. The molecular weight excluding hydrogens is 269 g/mol. The van der Waals surface area contributed by atoms with Crippen molar-refractivity contribution in [2.45, 2.75) is 13.0 Å². The molecule has 0 fully saturated rings. The Labute approximate surface area is 113 Å². The van der Waals surface area contributed by atoms with Gasteiger partial charge in [0.1, 0.15) is 0 Å². The van der Waals surface area contributed by atoms with Crippen LogP contribution in [0.4, 0.5) is 13.2 Å². The molecular formula is C14H11F3N2O. The summed E-state index contributed by atoms with van der Waals surface area (Å²) in [6.45, 7) is 1.58. The Morgan fingerprint density at radius 3 is 2.60 bits per heavy atom. The van der Waals surface area contributed by atoms with E-state index in [2.05, 4.69) is 10.3 Å². The van der Waals surface area contributed by atoms with Crippen molar-refractivity contribution >= 4 is 5.91 Å². The number of carbonyl (C=O) groups excluding carboxylic acids is 1. The van der Waals surface area contributed by atoms with E-state index in [1.807, 2.05) is 0 Å². The van der Waals surface area contributed by atoms with Crippen molar-refractivity contribution in [2.24, 2.45) is 0 Å². The van der Waals surface area contributed by atoms with E-state index >= 15 is 0 Å². The van der Waals surface area contributed by atoms with E-state index in [4.69, 9.17) is 0 Å². The maximum Gasteiger partial charge on any atom is 0.256 e. The molecule has 1 aromatic carbocycles. The van der Waals surface area contributed by atoms with Gasteiger partial charge >= 0.3 is 0 Å². The van der Waals surface area contributed by atoms with Crippen LogP contribution in [0.25, 0.3) is 0 Å². The zero-order valence-corrected chi connectivity index (χ0v) is 10.5. The summed E-state index contributed by atoms with van der Waals surface area (Å²) in [4.78, 5) is 15.2. The lowest BCUT2D eigenvalue weighted by Crippen LogP contribution is -2.27. The van der Waals surface area contributed by atoms with Gasteiger partial charge < -0.3 is 5.32 Å². The van der Waals surface area contributed by atoms with Gasteiger partial charge in [0.15, 0.2) is 11.6 Å². The Hall–Kier alpha value is -2.37. The van der Waals surface area contributed by atoms with Crippen LogP contribution in [-0.4, -0.2) is 10.9 Å². The largest absolute Gasteiger partial charge is 0.345 e. The van der Waals surface area contributed by atoms with E-state index in [0.29, 0.717) is 5.56 Å². The lowest BCUT2D eigenvalue weighted by atomic mass is 10.1. The Morgan fingerprint density at radius 2 is 1.95 bits per heavy atom. The molecule has 0 bridgehead atoms. The van der Waals surface area contributed by atoms with Crippen LogP contribution in [0.3, 0.4) is 0 Å². The molecule has 0 aliphatic heterocycles. The summed E-state index contributed by atoms with van der Waals surface area (Å²) >= 11 is 0. The van der Waals surface area contributed by atoms with Crippen LogP contribution in [-0.2, 0) is 0 Å². The fraction of sp³-hybridized carbons (Fsp3) is 0.143. The van der Waals surface area contributed by atoms with Crippen LogP contribution in [0.15, 0.2) is 36.5 Å². The summed E-state index contributed by atoms with van der Waals surface area (Å²) in [5.41, 5.74) is 0.170. The lowest BCUT2D eigenvalue weighted by Gasteiger charge is -2.14. The van der Waals surface area contributed by atoms with E-state index in [1.54, 1.807) is 6.92 Å². The van der Waals surface area contributed by atoms with Crippen molar-refractivity contribution in [3.63, 3.8) is 0 Å². The van der Waals surface area contributed by atoms with Gasteiger partial charge in [-0.05, 0) is 36.8 Å². The van der Waals surface area contributed by atoms with Gasteiger partial charge in [-0.3, -0.25) is 4.79 Å². The zero-order valence-electron chi connectivity index (χ0n) is 10.5. The van der Waals surface area contributed by atoms with E-state index in [9.17, 15) is 18.0 Å². The fourth-order valence-electron chi connectivity index (χ4n) is 1.69. The number of hydrogen-bond donors (Lipinski definition) is 1. The molecule has 3 nitrogen and oxygen atoms in total. The van der Waals surface area contributed by atoms with Crippen LogP contribution >= 0.6 is 0 Å². The molecule has 0 saturated carbocycles. The summed E-state index contributed by atoms with van der Waals surface area (Å²) in [6.07, 6.45) is 1.23. The summed E-state index contributed by atoms with van der Waals surface area (Å²) in [5, 5.41) is 2.49. The molecule has 0 radical (unpaired) electrons. The number of rotatable bonds is 3. The molecule has 0 aliphatic carbocycles. The van der Waals surface area contributed by atoms with E-state index in [1.165, 1.54) is 24.4 Å². The topological polar surface area (TPSA) is 42.0 Å². The number of amides is 1. The first kappa shape index (κ1) is 14.0. The molecule has 0 aliphatic rings. The minimum atomic E-state index is -1.00. The Kier molecular flexibility index (Phi) is 4.02. The molecule has 20 heavy (non-hydrogen) atoms. The highest BCUT2D eigenvalue weighted by molar-refractivity contribution is 5.94. The van der Waals surface area contributed by atoms with Gasteiger partial charge in [0.25, 0.3) is 5.91 Å². The van der Waals surface area contributed by atoms with Gasteiger partial charge in [-0.25, -0.2) is 13.8 Å². The molecule has 6 heteroatoms. The SMILES string of the molecule is CC(NC(=O)c1cccnc1F)c1ccc(F)c(F)c1. The van der Waals surface area contributed by atoms with Crippen LogP contribution in [0, 0.1) is 17.6 Å². The highest BCUT2D eigenvalue weighted by Crippen LogP contribution is 2.16. The van der Waals surface area contributed by atoms with Gasteiger partial charge in [-0.15, -0.1) is 0 Å². The average Bonchev–Trinajstić information content (AvgIpc) is 2.42. The minimum absolute atomic E-state index is 0.207. The van der Waals surface area contributed by atoms with Crippen LogP contribution in [0.2, 0.25) is 0 Å². The molecule has 1 unspecified atom stereocenters. The van der Waals surface area contributed by atoms with Crippen molar-refractivity contribution < 1.29 is 18.0 Å². The Morgan fingerprint density at radius 1 is 1.20 bits per heavy atom. The molecule has 1 aromatic heterocycles. The molecule has 0 saturated heterocycles. The van der Waals surface area contributed by atoms with Crippen LogP contribution in [0.1, 0.15) is 28.9 Å². The molecule has 1 amide bonds. The molecule has 1 N–H and O–H groups in total. The lowest BCUT2D eigenvalue weighted by molar-refractivity contribution is 0.0935. The number of halogens is 3. The normalized spacial score (nSPS) is 12.0. The van der Waals surface area contributed by atoms with Gasteiger partial charge in [0.2, 0.25) is 5.95 Å². The second kappa shape index (κ2) is 5.73. The quantitative estimate of drug-likeness (QED) is 0.878. The number of nitrogens with zero attached hydrogens (tertiary/aromatic N) is 1. The number of benzene rings is 1. The number of carbonyl (C=O) groups is 1. The van der Waals surface area contributed by atoms with Crippen molar-refractivity contribution in [3.05, 3.63) is 65.2 Å². The standard InChI is InChI=1S/C14H11F3N2O/c1-8(9-4-5-11(15)12(16)7-9)19-14(20)10-3-2-6-18-13(10)17/h2-8H,1H3,(H,19,20). The Bertz CT molecular complexity index is 646. The molecule has 2 rings (SSSR count). The maximum atomic E-state index is 13.3. The monoisotopic (exact) mass is 280 g/mol. The van der Waals surface area contributed by atoms with Crippen molar-refractivity contribution in [3.8, 4) is 0 Å². The van der Waals surface area contributed by atoms with Crippen molar-refractivity contribution in [1.82, 2.24) is 10.3 Å². The first-order chi connectivity index (χ1) is 9.49. The third-order valence-electron chi connectivity index (χ3n) is 2.79. The minimum Gasteiger partial charge on any atom is -0.345 e. The first-order valence-corrected chi connectivity index (χ1v) is 5.85. The molecule has 0 spiro atoms. The number of hydrogen-bond acceptors (Lipinski definition) is 2. The van der Waals surface area contributed by atoms with Crippen LogP contribution < -0.4 is 5.32 Å². The van der Waals surface area contributed by atoms with Gasteiger partial charge in [-0.1, -0.05) is 6.07 Å². The summed E-state index contributed by atoms with van der Waals surface area (Å²) in [5.74, 6) is -3.53. The molecule has 104 valence electrons. The first-order valence-electron chi connectivity index (χ1n) is 5.85. The smallest absolute Gasteiger partial charge is 0.256 e. The van der Waals surface area contributed by atoms with Gasteiger partial charge in [0, 0.05) is 6.20 Å². The van der Waals surface area contributed by atoms with E-state index in [-0.39, 0.29) is 5.56 Å². The Balaban J connectivity index is 2.15. The van der Waals surface area contributed by atoms with Crippen molar-refractivity contribution in [1.29, 1.82) is 0 Å². The third kappa shape index (κ3) is 2.96. The third-order valence-corrected chi connectivity index (χ3v) is 2.79. The summed E-state index contributed by atoms with van der Waals surface area (Å²) < 4.78 is 39.3. The second-order valence-corrected chi connectivity index (χ2v) is 4.21. The predicted octanol–water partition coefficient (Wildman–Crippen LogP) is 2.99. The zero-order chi connectivity index (χ0) is 14.7.